The molecular formula is C23H28N2O2. The number of hydrogen-bond donors (Lipinski definition) is 1. The summed E-state index contributed by atoms with van der Waals surface area (Å²) in [7, 11) is 0. The molecule has 1 fully saturated rings. The molecule has 1 aliphatic heterocycles. The summed E-state index contributed by atoms with van der Waals surface area (Å²) < 4.78 is 0. The van der Waals surface area contributed by atoms with Crippen LogP contribution in [0.25, 0.3) is 0 Å². The summed E-state index contributed by atoms with van der Waals surface area (Å²) in [6, 6.07) is 14.4. The van der Waals surface area contributed by atoms with Crippen molar-refractivity contribution in [2.24, 2.45) is 5.92 Å². The molecule has 4 nitrogen and oxygen atoms in total. The van der Waals surface area contributed by atoms with Crippen molar-refractivity contribution in [3.05, 3.63) is 64.7 Å². The predicted octanol–water partition coefficient (Wildman–Crippen LogP) is 3.71. The van der Waals surface area contributed by atoms with Crippen LogP contribution in [0.2, 0.25) is 0 Å². The minimum absolute atomic E-state index is 0.0127. The predicted molar refractivity (Wildman–Crippen MR) is 109 cm³/mol. The Labute approximate surface area is 161 Å². The Hall–Kier alpha value is -2.62. The fourth-order valence-electron chi connectivity index (χ4n) is 3.99. The maximum atomic E-state index is 12.5. The van der Waals surface area contributed by atoms with E-state index in [4.69, 9.17) is 0 Å². The van der Waals surface area contributed by atoms with Crippen molar-refractivity contribution in [1.82, 2.24) is 5.32 Å². The minimum atomic E-state index is -0.269. The van der Waals surface area contributed by atoms with Gasteiger partial charge >= 0.3 is 0 Å². The van der Waals surface area contributed by atoms with E-state index in [1.165, 1.54) is 11.1 Å². The summed E-state index contributed by atoms with van der Waals surface area (Å²) in [6.07, 6.45) is 2.13. The zero-order chi connectivity index (χ0) is 19.4. The van der Waals surface area contributed by atoms with Gasteiger partial charge in [0, 0.05) is 25.2 Å². The van der Waals surface area contributed by atoms with Gasteiger partial charge in [-0.15, -0.1) is 0 Å². The smallest absolute Gasteiger partial charge is 0.227 e. The molecule has 142 valence electrons. The first-order chi connectivity index (χ1) is 13.0. The van der Waals surface area contributed by atoms with E-state index in [1.54, 1.807) is 4.90 Å². The molecule has 1 heterocycles. The van der Waals surface area contributed by atoms with E-state index >= 15 is 0 Å². The van der Waals surface area contributed by atoms with Crippen LogP contribution in [-0.2, 0) is 16.0 Å². The van der Waals surface area contributed by atoms with Crippen LogP contribution in [0.1, 0.15) is 35.1 Å². The van der Waals surface area contributed by atoms with Crippen LogP contribution in [0.4, 0.5) is 5.69 Å². The summed E-state index contributed by atoms with van der Waals surface area (Å²) in [5.41, 5.74) is 5.60. The molecule has 0 spiro atoms. The molecule has 0 aromatic heterocycles. The Morgan fingerprint density at radius 1 is 1.11 bits per heavy atom. The number of carbonyl (C=O) groups excluding carboxylic acids is 2. The standard InChI is InChI=1S/C23H28N2O2/c1-16-12-17(2)22(18(3)13-16)25-15-20(14-21(25)26)23(27)24-11-7-10-19-8-5-4-6-9-19/h4-6,8-9,12-13,20H,7,10-11,14-15H2,1-3H3,(H,24,27). The molecule has 4 heteroatoms. The molecular weight excluding hydrogens is 336 g/mol. The second-order valence-electron chi connectivity index (χ2n) is 7.53. The van der Waals surface area contributed by atoms with Crippen molar-refractivity contribution in [2.45, 2.75) is 40.0 Å². The molecule has 2 aromatic carbocycles. The third kappa shape index (κ3) is 4.57. The van der Waals surface area contributed by atoms with Gasteiger partial charge in [0.15, 0.2) is 0 Å². The number of hydrogen-bond acceptors (Lipinski definition) is 2. The number of nitrogens with one attached hydrogen (secondary N) is 1. The van der Waals surface area contributed by atoms with E-state index in [2.05, 4.69) is 36.5 Å². The third-order valence-corrected chi connectivity index (χ3v) is 5.19. The van der Waals surface area contributed by atoms with Crippen LogP contribution >= 0.6 is 0 Å². The first-order valence-corrected chi connectivity index (χ1v) is 9.65. The molecule has 0 aliphatic carbocycles. The van der Waals surface area contributed by atoms with E-state index in [-0.39, 0.29) is 24.2 Å². The molecule has 2 aromatic rings. The normalized spacial score (nSPS) is 16.6. The van der Waals surface area contributed by atoms with Crippen LogP contribution in [0.3, 0.4) is 0 Å². The Morgan fingerprint density at radius 3 is 2.44 bits per heavy atom. The molecule has 1 unspecified atom stereocenters. The molecule has 1 N–H and O–H groups in total. The van der Waals surface area contributed by atoms with E-state index in [1.807, 2.05) is 32.0 Å². The highest BCUT2D eigenvalue weighted by Crippen LogP contribution is 2.31. The highest BCUT2D eigenvalue weighted by Gasteiger charge is 2.36. The molecule has 1 atom stereocenters. The Bertz CT molecular complexity index is 807. The number of amides is 2. The van der Waals surface area contributed by atoms with Crippen molar-refractivity contribution in [3.63, 3.8) is 0 Å². The van der Waals surface area contributed by atoms with Crippen molar-refractivity contribution >= 4 is 17.5 Å². The Morgan fingerprint density at radius 2 is 1.78 bits per heavy atom. The van der Waals surface area contributed by atoms with E-state index in [0.29, 0.717) is 13.1 Å². The lowest BCUT2D eigenvalue weighted by atomic mass is 10.0. The van der Waals surface area contributed by atoms with Gasteiger partial charge in [-0.25, -0.2) is 0 Å². The van der Waals surface area contributed by atoms with Crippen LogP contribution in [0.15, 0.2) is 42.5 Å². The highest BCUT2D eigenvalue weighted by molar-refractivity contribution is 6.01. The van der Waals surface area contributed by atoms with Crippen molar-refractivity contribution in [3.8, 4) is 0 Å². The Balaban J connectivity index is 1.55. The number of carbonyl (C=O) groups is 2. The largest absolute Gasteiger partial charge is 0.356 e. The molecule has 2 amide bonds. The lowest BCUT2D eigenvalue weighted by molar-refractivity contribution is -0.126. The SMILES string of the molecule is Cc1cc(C)c(N2CC(C(=O)NCCCc3ccccc3)CC2=O)c(C)c1. The second kappa shape index (κ2) is 8.38. The van der Waals surface area contributed by atoms with Gasteiger partial charge in [-0.2, -0.15) is 0 Å². The summed E-state index contributed by atoms with van der Waals surface area (Å²) in [5.74, 6) is -0.245. The number of anilines is 1. The molecule has 27 heavy (non-hydrogen) atoms. The van der Waals surface area contributed by atoms with Gasteiger partial charge in [-0.3, -0.25) is 9.59 Å². The van der Waals surface area contributed by atoms with Crippen LogP contribution in [0.5, 0.6) is 0 Å². The van der Waals surface area contributed by atoms with E-state index in [9.17, 15) is 9.59 Å². The average molecular weight is 364 g/mol. The summed E-state index contributed by atoms with van der Waals surface area (Å²) in [5, 5.41) is 3.01. The van der Waals surface area contributed by atoms with Crippen LogP contribution < -0.4 is 10.2 Å². The zero-order valence-electron chi connectivity index (χ0n) is 16.4. The first kappa shape index (κ1) is 19.2. The lowest BCUT2D eigenvalue weighted by Crippen LogP contribution is -2.34. The lowest BCUT2D eigenvalue weighted by Gasteiger charge is -2.22. The highest BCUT2D eigenvalue weighted by atomic mass is 16.2. The van der Waals surface area contributed by atoms with E-state index in [0.717, 1.165) is 29.7 Å². The third-order valence-electron chi connectivity index (χ3n) is 5.19. The molecule has 0 radical (unpaired) electrons. The van der Waals surface area contributed by atoms with Crippen molar-refractivity contribution in [1.29, 1.82) is 0 Å². The number of rotatable bonds is 6. The fourth-order valence-corrected chi connectivity index (χ4v) is 3.99. The van der Waals surface area contributed by atoms with E-state index < -0.39 is 0 Å². The average Bonchev–Trinajstić information content (AvgIpc) is 3.00. The Kier molecular flexibility index (Phi) is 5.94. The van der Waals surface area contributed by atoms with Gasteiger partial charge in [0.25, 0.3) is 0 Å². The molecule has 0 bridgehead atoms. The number of nitrogens with zero attached hydrogens (tertiary/aromatic N) is 1. The molecule has 0 saturated carbocycles. The van der Waals surface area contributed by atoms with Gasteiger partial charge in [-0.1, -0.05) is 48.0 Å². The van der Waals surface area contributed by atoms with Crippen LogP contribution in [0, 0.1) is 26.7 Å². The quantitative estimate of drug-likeness (QED) is 0.795. The van der Waals surface area contributed by atoms with Crippen LogP contribution in [-0.4, -0.2) is 24.9 Å². The number of aryl methyl sites for hydroxylation is 4. The fraction of sp³-hybridized carbons (Fsp3) is 0.391. The van der Waals surface area contributed by atoms with Crippen molar-refractivity contribution in [2.75, 3.05) is 18.0 Å². The maximum Gasteiger partial charge on any atom is 0.227 e. The first-order valence-electron chi connectivity index (χ1n) is 9.65. The van der Waals surface area contributed by atoms with Gasteiger partial charge < -0.3 is 10.2 Å². The second-order valence-corrected chi connectivity index (χ2v) is 7.53. The number of benzene rings is 2. The maximum absolute atomic E-state index is 12.5. The van der Waals surface area contributed by atoms with Gasteiger partial charge in [-0.05, 0) is 50.3 Å². The molecule has 1 saturated heterocycles. The van der Waals surface area contributed by atoms with Gasteiger partial charge in [0.2, 0.25) is 11.8 Å². The molecule has 3 rings (SSSR count). The monoisotopic (exact) mass is 364 g/mol. The topological polar surface area (TPSA) is 49.4 Å². The van der Waals surface area contributed by atoms with Crippen molar-refractivity contribution < 1.29 is 9.59 Å². The van der Waals surface area contributed by atoms with Gasteiger partial charge in [0.1, 0.15) is 0 Å². The minimum Gasteiger partial charge on any atom is -0.356 e. The molecule has 1 aliphatic rings. The summed E-state index contributed by atoms with van der Waals surface area (Å²) >= 11 is 0. The van der Waals surface area contributed by atoms with Gasteiger partial charge in [0.05, 0.1) is 5.92 Å². The summed E-state index contributed by atoms with van der Waals surface area (Å²) in [6.45, 7) is 7.22. The summed E-state index contributed by atoms with van der Waals surface area (Å²) in [4.78, 5) is 26.8. The zero-order valence-corrected chi connectivity index (χ0v) is 16.4.